The average Bonchev–Trinajstić information content (AvgIpc) is 2.87. The minimum Gasteiger partial charge on any atom is -0.493 e. The monoisotopic (exact) mass is 245 g/mol. The molecule has 0 spiro atoms. The number of rotatable bonds is 2. The van der Waals surface area contributed by atoms with Gasteiger partial charge in [-0.1, -0.05) is 31.5 Å². The largest absolute Gasteiger partial charge is 0.493 e. The number of hydrogen-bond donors (Lipinski definition) is 1. The van der Waals surface area contributed by atoms with Crippen molar-refractivity contribution in [3.63, 3.8) is 0 Å². The molecule has 0 amide bonds. The van der Waals surface area contributed by atoms with Crippen LogP contribution >= 0.6 is 0 Å². The summed E-state index contributed by atoms with van der Waals surface area (Å²) in [5.74, 6) is 2.48. The summed E-state index contributed by atoms with van der Waals surface area (Å²) < 4.78 is 5.84. The third kappa shape index (κ3) is 2.03. The lowest BCUT2D eigenvalue weighted by Crippen LogP contribution is -2.34. The molecule has 2 N–H and O–H groups in total. The summed E-state index contributed by atoms with van der Waals surface area (Å²) in [5.41, 5.74) is 9.11. The van der Waals surface area contributed by atoms with Crippen LogP contribution in [-0.4, -0.2) is 12.6 Å². The van der Waals surface area contributed by atoms with E-state index < -0.39 is 0 Å². The number of hydrogen-bond acceptors (Lipinski definition) is 2. The minimum absolute atomic E-state index is 0.309. The number of nitrogens with two attached hydrogens (primary N) is 1. The fourth-order valence-corrected chi connectivity index (χ4v) is 3.54. The molecule has 98 valence electrons. The van der Waals surface area contributed by atoms with Gasteiger partial charge in [-0.05, 0) is 36.3 Å². The Morgan fingerprint density at radius 1 is 1.33 bits per heavy atom. The highest BCUT2D eigenvalue weighted by Gasteiger charge is 2.31. The molecule has 1 heterocycles. The van der Waals surface area contributed by atoms with Crippen molar-refractivity contribution in [1.29, 1.82) is 0 Å². The van der Waals surface area contributed by atoms with Crippen LogP contribution in [0, 0.1) is 5.92 Å². The van der Waals surface area contributed by atoms with Crippen LogP contribution in [0.1, 0.15) is 49.7 Å². The zero-order valence-electron chi connectivity index (χ0n) is 11.2. The van der Waals surface area contributed by atoms with Crippen LogP contribution in [0.3, 0.4) is 0 Å². The van der Waals surface area contributed by atoms with Crippen molar-refractivity contribution in [3.05, 3.63) is 29.3 Å². The second-order valence-electron chi connectivity index (χ2n) is 5.79. The zero-order chi connectivity index (χ0) is 12.5. The van der Waals surface area contributed by atoms with Crippen LogP contribution in [0.2, 0.25) is 0 Å². The van der Waals surface area contributed by atoms with Crippen LogP contribution in [0.15, 0.2) is 18.2 Å². The normalized spacial score (nSPS) is 30.9. The van der Waals surface area contributed by atoms with Gasteiger partial charge in [0.2, 0.25) is 0 Å². The quantitative estimate of drug-likeness (QED) is 0.868. The zero-order valence-corrected chi connectivity index (χ0v) is 11.2. The fraction of sp³-hybridized carbons (Fsp3) is 0.625. The van der Waals surface area contributed by atoms with E-state index in [0.29, 0.717) is 12.0 Å². The van der Waals surface area contributed by atoms with Gasteiger partial charge in [0, 0.05) is 18.4 Å². The van der Waals surface area contributed by atoms with Crippen molar-refractivity contribution in [2.75, 3.05) is 6.61 Å². The molecule has 18 heavy (non-hydrogen) atoms. The molecule has 2 nitrogen and oxygen atoms in total. The molecule has 1 fully saturated rings. The molecular weight excluding hydrogens is 222 g/mol. The lowest BCUT2D eigenvalue weighted by atomic mass is 9.74. The Morgan fingerprint density at radius 3 is 3.06 bits per heavy atom. The lowest BCUT2D eigenvalue weighted by Gasteiger charge is -2.34. The molecule has 2 aliphatic rings. The van der Waals surface area contributed by atoms with E-state index in [4.69, 9.17) is 10.5 Å². The van der Waals surface area contributed by atoms with E-state index >= 15 is 0 Å². The standard InChI is InChI=1S/C16H23NO/c1-2-11-6-7-15(17)14(10-11)13-5-3-4-12-8-9-18-16(12)13/h3-5,11,14-15H,2,6-10,17H2,1H3. The summed E-state index contributed by atoms with van der Waals surface area (Å²) in [6, 6.07) is 6.90. The van der Waals surface area contributed by atoms with E-state index in [1.54, 1.807) is 0 Å². The van der Waals surface area contributed by atoms with Crippen molar-refractivity contribution >= 4 is 0 Å². The van der Waals surface area contributed by atoms with Gasteiger partial charge in [0.05, 0.1) is 6.61 Å². The third-order valence-electron chi connectivity index (χ3n) is 4.73. The molecule has 0 radical (unpaired) electrons. The number of fused-ring (bicyclic) bond motifs is 1. The molecule has 0 saturated heterocycles. The van der Waals surface area contributed by atoms with Crippen LogP contribution in [0.5, 0.6) is 5.75 Å². The first-order valence-corrected chi connectivity index (χ1v) is 7.29. The van der Waals surface area contributed by atoms with Gasteiger partial charge in [0.25, 0.3) is 0 Å². The summed E-state index contributed by atoms with van der Waals surface area (Å²) in [4.78, 5) is 0. The highest BCUT2D eigenvalue weighted by Crippen LogP contribution is 2.42. The van der Waals surface area contributed by atoms with Crippen LogP contribution in [0.25, 0.3) is 0 Å². The summed E-state index contributed by atoms with van der Waals surface area (Å²) >= 11 is 0. The first-order valence-electron chi connectivity index (χ1n) is 7.29. The molecule has 2 heteroatoms. The Labute approximate surface area is 110 Å². The highest BCUT2D eigenvalue weighted by molar-refractivity contribution is 5.46. The van der Waals surface area contributed by atoms with E-state index in [9.17, 15) is 0 Å². The van der Waals surface area contributed by atoms with E-state index in [0.717, 1.165) is 31.1 Å². The first-order chi connectivity index (χ1) is 8.79. The topological polar surface area (TPSA) is 35.2 Å². The molecule has 3 atom stereocenters. The third-order valence-corrected chi connectivity index (χ3v) is 4.73. The molecule has 3 rings (SSSR count). The molecule has 1 aromatic rings. The van der Waals surface area contributed by atoms with E-state index in [1.165, 1.54) is 30.4 Å². The Bertz CT molecular complexity index is 429. The Hall–Kier alpha value is -1.02. The number of ether oxygens (including phenoxy) is 1. The lowest BCUT2D eigenvalue weighted by molar-refractivity contribution is 0.274. The summed E-state index contributed by atoms with van der Waals surface area (Å²) in [6.45, 7) is 3.13. The number of benzene rings is 1. The van der Waals surface area contributed by atoms with Gasteiger partial charge in [-0.15, -0.1) is 0 Å². The van der Waals surface area contributed by atoms with Crippen molar-refractivity contribution in [1.82, 2.24) is 0 Å². The van der Waals surface area contributed by atoms with Gasteiger partial charge in [0.15, 0.2) is 0 Å². The van der Waals surface area contributed by atoms with Gasteiger partial charge in [-0.2, -0.15) is 0 Å². The summed E-state index contributed by atoms with van der Waals surface area (Å²) in [6.07, 6.45) is 6.02. The fourth-order valence-electron chi connectivity index (χ4n) is 3.54. The molecule has 3 unspecified atom stereocenters. The van der Waals surface area contributed by atoms with Gasteiger partial charge in [-0.25, -0.2) is 0 Å². The Kier molecular flexibility index (Phi) is 3.29. The molecule has 0 bridgehead atoms. The van der Waals surface area contributed by atoms with E-state index in [1.807, 2.05) is 0 Å². The van der Waals surface area contributed by atoms with Crippen molar-refractivity contribution in [3.8, 4) is 5.75 Å². The predicted molar refractivity (Wildman–Crippen MR) is 74.0 cm³/mol. The molecule has 1 aliphatic carbocycles. The minimum atomic E-state index is 0.309. The van der Waals surface area contributed by atoms with Crippen molar-refractivity contribution in [2.24, 2.45) is 11.7 Å². The average molecular weight is 245 g/mol. The molecule has 1 aliphatic heterocycles. The van der Waals surface area contributed by atoms with Gasteiger partial charge in [-0.3, -0.25) is 0 Å². The smallest absolute Gasteiger partial charge is 0.126 e. The summed E-state index contributed by atoms with van der Waals surface area (Å²) in [7, 11) is 0. The van der Waals surface area contributed by atoms with E-state index in [-0.39, 0.29) is 0 Å². The van der Waals surface area contributed by atoms with Gasteiger partial charge >= 0.3 is 0 Å². The Balaban J connectivity index is 1.91. The summed E-state index contributed by atoms with van der Waals surface area (Å²) in [5, 5.41) is 0. The van der Waals surface area contributed by atoms with Crippen molar-refractivity contribution in [2.45, 2.75) is 51.0 Å². The Morgan fingerprint density at radius 2 is 2.22 bits per heavy atom. The SMILES string of the molecule is CCC1CCC(N)C(c2cccc3c2OCC3)C1. The molecule has 0 aromatic heterocycles. The van der Waals surface area contributed by atoms with Crippen LogP contribution in [-0.2, 0) is 6.42 Å². The first kappa shape index (κ1) is 12.0. The van der Waals surface area contributed by atoms with Gasteiger partial charge < -0.3 is 10.5 Å². The molecule has 1 saturated carbocycles. The second kappa shape index (κ2) is 4.93. The number of para-hydroxylation sites is 1. The maximum atomic E-state index is 6.37. The molecular formula is C16H23NO. The maximum Gasteiger partial charge on any atom is 0.126 e. The van der Waals surface area contributed by atoms with Gasteiger partial charge in [0.1, 0.15) is 5.75 Å². The van der Waals surface area contributed by atoms with Crippen LogP contribution < -0.4 is 10.5 Å². The second-order valence-corrected chi connectivity index (χ2v) is 5.79. The highest BCUT2D eigenvalue weighted by atomic mass is 16.5. The van der Waals surface area contributed by atoms with E-state index in [2.05, 4.69) is 25.1 Å². The predicted octanol–water partition coefficient (Wildman–Crippen LogP) is 3.24. The molecule has 1 aromatic carbocycles. The van der Waals surface area contributed by atoms with Crippen molar-refractivity contribution < 1.29 is 4.74 Å². The van der Waals surface area contributed by atoms with Crippen LogP contribution in [0.4, 0.5) is 0 Å². The maximum absolute atomic E-state index is 6.37.